The molecule has 6 nitrogen and oxygen atoms in total. The molecule has 0 atom stereocenters. The lowest BCUT2D eigenvalue weighted by molar-refractivity contribution is -0.131. The van der Waals surface area contributed by atoms with Crippen molar-refractivity contribution in [3.05, 3.63) is 23.8 Å². The molecule has 0 fully saturated rings. The number of para-hydroxylation sites is 1. The fourth-order valence-electron chi connectivity index (χ4n) is 1.17. The van der Waals surface area contributed by atoms with Gasteiger partial charge in [0, 0.05) is 0 Å². The van der Waals surface area contributed by atoms with Crippen LogP contribution in [0.1, 0.15) is 10.4 Å². The van der Waals surface area contributed by atoms with Gasteiger partial charge in [-0.25, -0.2) is 4.79 Å². The molecule has 6 heteroatoms. The Morgan fingerprint density at radius 1 is 1.29 bits per heavy atom. The van der Waals surface area contributed by atoms with Crippen LogP contribution in [0.25, 0.3) is 11.0 Å². The number of Topliss-reactive ketones (excluding diaryl/α,β-unsaturated/α-hetero) is 1. The zero-order valence-corrected chi connectivity index (χ0v) is 6.89. The lowest BCUT2D eigenvalue weighted by atomic mass is 10.1. The van der Waals surface area contributed by atoms with Gasteiger partial charge in [0.25, 0.3) is 5.78 Å². The minimum absolute atomic E-state index is 0.0451. The van der Waals surface area contributed by atoms with E-state index in [9.17, 15) is 9.59 Å². The molecule has 1 aromatic heterocycles. The van der Waals surface area contributed by atoms with Crippen molar-refractivity contribution in [2.45, 2.75) is 0 Å². The summed E-state index contributed by atoms with van der Waals surface area (Å²) < 4.78 is 0. The molecule has 0 spiro atoms. The molecule has 70 valence electrons. The number of aliphatic carboxylic acids is 1. The number of carbonyl (C=O) groups is 2. The second-order valence-electron chi connectivity index (χ2n) is 2.63. The van der Waals surface area contributed by atoms with Gasteiger partial charge in [-0.1, -0.05) is 6.07 Å². The van der Waals surface area contributed by atoms with Gasteiger partial charge in [-0.05, 0) is 12.1 Å². The van der Waals surface area contributed by atoms with Crippen molar-refractivity contribution in [2.75, 3.05) is 0 Å². The number of aromatic nitrogens is 3. The molecule has 0 saturated carbocycles. The predicted molar refractivity (Wildman–Crippen MR) is 45.9 cm³/mol. The predicted octanol–water partition coefficient (Wildman–Crippen LogP) is 0.225. The number of hydrogen-bond donors (Lipinski definition) is 2. The van der Waals surface area contributed by atoms with Crippen molar-refractivity contribution in [1.29, 1.82) is 0 Å². The standard InChI is InChI=1S/C8H5N3O3/c12-7(8(13)14)4-2-1-3-5-6(4)10-11-9-5/h1-3H,(H,13,14)(H,9,10,11). The third-order valence-corrected chi connectivity index (χ3v) is 1.79. The Hall–Kier alpha value is -2.24. The van der Waals surface area contributed by atoms with E-state index in [2.05, 4.69) is 15.4 Å². The zero-order valence-electron chi connectivity index (χ0n) is 6.89. The second-order valence-corrected chi connectivity index (χ2v) is 2.63. The van der Waals surface area contributed by atoms with E-state index in [1.807, 2.05) is 0 Å². The van der Waals surface area contributed by atoms with Crippen molar-refractivity contribution in [2.24, 2.45) is 0 Å². The number of nitrogens with one attached hydrogen (secondary N) is 1. The Bertz CT molecular complexity index is 517. The summed E-state index contributed by atoms with van der Waals surface area (Å²) in [6.45, 7) is 0. The Labute approximate surface area is 77.5 Å². The maximum Gasteiger partial charge on any atom is 0.377 e. The van der Waals surface area contributed by atoms with Crippen LogP contribution >= 0.6 is 0 Å². The monoisotopic (exact) mass is 191 g/mol. The molecule has 2 N–H and O–H groups in total. The first-order valence-corrected chi connectivity index (χ1v) is 3.77. The number of carbonyl (C=O) groups excluding carboxylic acids is 1. The van der Waals surface area contributed by atoms with Crippen LogP contribution in [0.15, 0.2) is 18.2 Å². The van der Waals surface area contributed by atoms with E-state index in [1.54, 1.807) is 12.1 Å². The van der Waals surface area contributed by atoms with Gasteiger partial charge < -0.3 is 5.11 Å². The van der Waals surface area contributed by atoms with Gasteiger partial charge in [0.15, 0.2) is 0 Å². The molecule has 2 aromatic rings. The van der Waals surface area contributed by atoms with E-state index in [0.717, 1.165) is 0 Å². The van der Waals surface area contributed by atoms with Crippen molar-refractivity contribution in [1.82, 2.24) is 15.4 Å². The Morgan fingerprint density at radius 3 is 2.79 bits per heavy atom. The van der Waals surface area contributed by atoms with E-state index < -0.39 is 11.8 Å². The third kappa shape index (κ3) is 1.13. The van der Waals surface area contributed by atoms with Crippen LogP contribution in [0, 0.1) is 0 Å². The van der Waals surface area contributed by atoms with E-state index in [-0.39, 0.29) is 11.1 Å². The van der Waals surface area contributed by atoms with Crippen molar-refractivity contribution >= 4 is 22.8 Å². The summed E-state index contributed by atoms with van der Waals surface area (Å²) in [6.07, 6.45) is 0. The average Bonchev–Trinajstić information content (AvgIpc) is 2.63. The highest BCUT2D eigenvalue weighted by atomic mass is 16.4. The molecule has 0 aliphatic heterocycles. The highest BCUT2D eigenvalue weighted by Crippen LogP contribution is 2.13. The van der Waals surface area contributed by atoms with Gasteiger partial charge in [0.2, 0.25) is 0 Å². The summed E-state index contributed by atoms with van der Waals surface area (Å²) in [5.74, 6) is -2.48. The minimum atomic E-state index is -1.50. The first-order chi connectivity index (χ1) is 6.70. The smallest absolute Gasteiger partial charge is 0.377 e. The number of hydrogen-bond acceptors (Lipinski definition) is 4. The molecule has 1 aromatic carbocycles. The number of rotatable bonds is 2. The van der Waals surface area contributed by atoms with E-state index in [1.165, 1.54) is 6.07 Å². The van der Waals surface area contributed by atoms with Crippen LogP contribution in [0.3, 0.4) is 0 Å². The van der Waals surface area contributed by atoms with Crippen molar-refractivity contribution < 1.29 is 14.7 Å². The van der Waals surface area contributed by atoms with E-state index in [4.69, 9.17) is 5.11 Å². The normalized spacial score (nSPS) is 10.3. The molecule has 1 heterocycles. The van der Waals surface area contributed by atoms with Gasteiger partial charge in [-0.3, -0.25) is 4.79 Å². The van der Waals surface area contributed by atoms with Crippen LogP contribution in [0.2, 0.25) is 0 Å². The van der Waals surface area contributed by atoms with Crippen LogP contribution in [0.5, 0.6) is 0 Å². The van der Waals surface area contributed by atoms with Gasteiger partial charge in [0.1, 0.15) is 11.0 Å². The fourth-order valence-corrected chi connectivity index (χ4v) is 1.17. The largest absolute Gasteiger partial charge is 0.475 e. The fraction of sp³-hybridized carbons (Fsp3) is 0. The molecule has 0 aliphatic carbocycles. The van der Waals surface area contributed by atoms with E-state index in [0.29, 0.717) is 5.52 Å². The SMILES string of the molecule is O=C(O)C(=O)c1cccc2n[nH]nc12. The van der Waals surface area contributed by atoms with Crippen LogP contribution in [0.4, 0.5) is 0 Å². The van der Waals surface area contributed by atoms with Crippen LogP contribution < -0.4 is 0 Å². The number of aromatic amines is 1. The number of carboxylic acid groups (broad SMARTS) is 1. The molecule has 2 rings (SSSR count). The molecule has 0 radical (unpaired) electrons. The summed E-state index contributed by atoms with van der Waals surface area (Å²) >= 11 is 0. The lowest BCUT2D eigenvalue weighted by Crippen LogP contribution is -2.13. The van der Waals surface area contributed by atoms with E-state index >= 15 is 0 Å². The number of nitrogens with zero attached hydrogens (tertiary/aromatic N) is 2. The summed E-state index contributed by atoms with van der Waals surface area (Å²) in [5, 5.41) is 18.3. The molecular formula is C8H5N3O3. The highest BCUT2D eigenvalue weighted by molar-refractivity contribution is 6.41. The average molecular weight is 191 g/mol. The highest BCUT2D eigenvalue weighted by Gasteiger charge is 2.18. The van der Waals surface area contributed by atoms with Crippen molar-refractivity contribution in [3.8, 4) is 0 Å². The van der Waals surface area contributed by atoms with Gasteiger partial charge >= 0.3 is 5.97 Å². The lowest BCUT2D eigenvalue weighted by Gasteiger charge is -1.94. The molecular weight excluding hydrogens is 186 g/mol. The number of H-pyrrole nitrogens is 1. The number of fused-ring (bicyclic) bond motifs is 1. The van der Waals surface area contributed by atoms with Crippen LogP contribution in [-0.4, -0.2) is 32.3 Å². The van der Waals surface area contributed by atoms with Gasteiger partial charge in [-0.15, -0.1) is 0 Å². The maximum atomic E-state index is 11.2. The molecule has 0 bridgehead atoms. The van der Waals surface area contributed by atoms with Gasteiger partial charge in [-0.2, -0.15) is 15.4 Å². The third-order valence-electron chi connectivity index (χ3n) is 1.79. The van der Waals surface area contributed by atoms with Crippen molar-refractivity contribution in [3.63, 3.8) is 0 Å². The summed E-state index contributed by atoms with van der Waals surface area (Å²) in [5.41, 5.74) is 0.792. The number of benzene rings is 1. The quantitative estimate of drug-likeness (QED) is 0.523. The number of carboxylic acids is 1. The molecule has 14 heavy (non-hydrogen) atoms. The molecule has 0 saturated heterocycles. The zero-order chi connectivity index (χ0) is 10.1. The molecule has 0 unspecified atom stereocenters. The Kier molecular flexibility index (Phi) is 1.74. The van der Waals surface area contributed by atoms with Crippen LogP contribution in [-0.2, 0) is 4.79 Å². The summed E-state index contributed by atoms with van der Waals surface area (Å²) in [4.78, 5) is 21.6. The molecule has 0 aliphatic rings. The Balaban J connectivity index is 2.67. The summed E-state index contributed by atoms with van der Waals surface area (Å²) in [6, 6.07) is 4.60. The molecule has 0 amide bonds. The first kappa shape index (κ1) is 8.36. The first-order valence-electron chi connectivity index (χ1n) is 3.77. The Morgan fingerprint density at radius 2 is 2.07 bits per heavy atom. The summed E-state index contributed by atoms with van der Waals surface area (Å²) in [7, 11) is 0. The minimum Gasteiger partial charge on any atom is -0.475 e. The second kappa shape index (κ2) is 2.91. The number of ketones is 1. The van der Waals surface area contributed by atoms with Gasteiger partial charge in [0.05, 0.1) is 5.56 Å². The topological polar surface area (TPSA) is 95.9 Å². The maximum absolute atomic E-state index is 11.2.